The molecule has 0 bridgehead atoms. The SMILES string of the molecule is CCOc1cc2c(cc1OCC)[C@@H](CC(=O)OC)N(S(=O)(=O)c1ccccc1C)CC2. The quantitative estimate of drug-likeness (QED) is 0.575. The number of sulfonamides is 1. The predicted octanol–water partition coefficient (Wildman–Crippen LogP) is 3.64. The zero-order valence-corrected chi connectivity index (χ0v) is 19.2. The molecule has 1 atom stereocenters. The van der Waals surface area contributed by atoms with Gasteiger partial charge in [0.05, 0.1) is 37.7 Å². The average Bonchev–Trinajstić information content (AvgIpc) is 2.74. The first-order chi connectivity index (χ1) is 14.8. The van der Waals surface area contributed by atoms with Crippen LogP contribution in [0.1, 0.15) is 43.0 Å². The highest BCUT2D eigenvalue weighted by atomic mass is 32.2. The standard InChI is InChI=1S/C23H29NO6S/c1-5-29-20-13-17-11-12-24(31(26,27)22-10-8-7-9-16(22)3)19(15-23(25)28-4)18(17)14-21(20)30-6-2/h7-10,13-14,19H,5-6,11-12,15H2,1-4H3/t19-/m1/s1. The maximum absolute atomic E-state index is 13.6. The molecule has 0 aliphatic carbocycles. The number of hydrogen-bond donors (Lipinski definition) is 0. The predicted molar refractivity (Wildman–Crippen MR) is 117 cm³/mol. The van der Waals surface area contributed by atoms with Gasteiger partial charge >= 0.3 is 5.97 Å². The molecule has 7 nitrogen and oxygen atoms in total. The van der Waals surface area contributed by atoms with Crippen molar-refractivity contribution in [1.29, 1.82) is 0 Å². The Kier molecular flexibility index (Phi) is 7.23. The maximum Gasteiger partial charge on any atom is 0.307 e. The van der Waals surface area contributed by atoms with E-state index in [-0.39, 0.29) is 17.9 Å². The molecule has 0 spiro atoms. The minimum Gasteiger partial charge on any atom is -0.490 e. The number of carbonyl (C=O) groups is 1. The van der Waals surface area contributed by atoms with Crippen molar-refractivity contribution in [3.63, 3.8) is 0 Å². The van der Waals surface area contributed by atoms with Crippen molar-refractivity contribution in [2.45, 2.75) is 44.6 Å². The number of rotatable bonds is 8. The lowest BCUT2D eigenvalue weighted by molar-refractivity contribution is -0.141. The van der Waals surface area contributed by atoms with Gasteiger partial charge in [-0.25, -0.2) is 8.42 Å². The smallest absolute Gasteiger partial charge is 0.307 e. The van der Waals surface area contributed by atoms with Crippen LogP contribution in [0.2, 0.25) is 0 Å². The summed E-state index contributed by atoms with van der Waals surface area (Å²) in [5.41, 5.74) is 2.34. The third kappa shape index (κ3) is 4.70. The molecule has 0 amide bonds. The second kappa shape index (κ2) is 9.70. The van der Waals surface area contributed by atoms with Crippen molar-refractivity contribution < 1.29 is 27.4 Å². The topological polar surface area (TPSA) is 82.1 Å². The molecule has 1 aliphatic rings. The number of hydrogen-bond acceptors (Lipinski definition) is 6. The largest absolute Gasteiger partial charge is 0.490 e. The monoisotopic (exact) mass is 447 g/mol. The Balaban J connectivity index is 2.13. The number of benzene rings is 2. The van der Waals surface area contributed by atoms with E-state index in [0.717, 1.165) is 11.1 Å². The number of fused-ring (bicyclic) bond motifs is 1. The van der Waals surface area contributed by atoms with Crippen LogP contribution < -0.4 is 9.47 Å². The summed E-state index contributed by atoms with van der Waals surface area (Å²) in [5.74, 6) is 0.679. The van der Waals surface area contributed by atoms with Crippen molar-refractivity contribution >= 4 is 16.0 Å². The lowest BCUT2D eigenvalue weighted by Crippen LogP contribution is -2.41. The lowest BCUT2D eigenvalue weighted by atomic mass is 9.91. The van der Waals surface area contributed by atoms with Crippen molar-refractivity contribution in [1.82, 2.24) is 4.31 Å². The Labute approximate surface area is 184 Å². The zero-order chi connectivity index (χ0) is 22.6. The van der Waals surface area contributed by atoms with Crippen LogP contribution in [0.5, 0.6) is 11.5 Å². The normalized spacial score (nSPS) is 16.5. The first-order valence-electron chi connectivity index (χ1n) is 10.4. The Bertz CT molecular complexity index is 1050. The van der Waals surface area contributed by atoms with Crippen molar-refractivity contribution in [2.24, 2.45) is 0 Å². The molecule has 1 aliphatic heterocycles. The zero-order valence-electron chi connectivity index (χ0n) is 18.4. The van der Waals surface area contributed by atoms with Gasteiger partial charge in [0, 0.05) is 6.54 Å². The molecule has 0 N–H and O–H groups in total. The van der Waals surface area contributed by atoms with E-state index in [0.29, 0.717) is 36.7 Å². The number of esters is 1. The number of carbonyl (C=O) groups excluding carboxylic acids is 1. The number of ether oxygens (including phenoxy) is 3. The van der Waals surface area contributed by atoms with Crippen LogP contribution in [0.3, 0.4) is 0 Å². The minimum atomic E-state index is -3.83. The lowest BCUT2D eigenvalue weighted by Gasteiger charge is -2.36. The van der Waals surface area contributed by atoms with Crippen LogP contribution in [0.15, 0.2) is 41.3 Å². The van der Waals surface area contributed by atoms with Gasteiger partial charge in [0.25, 0.3) is 0 Å². The Morgan fingerprint density at radius 1 is 1.10 bits per heavy atom. The van der Waals surface area contributed by atoms with Gasteiger partial charge in [0.2, 0.25) is 10.0 Å². The molecule has 168 valence electrons. The molecular weight excluding hydrogens is 418 g/mol. The van der Waals surface area contributed by atoms with E-state index in [1.54, 1.807) is 37.3 Å². The van der Waals surface area contributed by atoms with Gasteiger partial charge in [0.15, 0.2) is 11.5 Å². The van der Waals surface area contributed by atoms with Crippen molar-refractivity contribution in [2.75, 3.05) is 26.9 Å². The highest BCUT2D eigenvalue weighted by molar-refractivity contribution is 7.89. The summed E-state index contributed by atoms with van der Waals surface area (Å²) in [6, 6.07) is 9.86. The van der Waals surface area contributed by atoms with E-state index in [4.69, 9.17) is 14.2 Å². The molecule has 0 radical (unpaired) electrons. The molecule has 2 aromatic rings. The average molecular weight is 448 g/mol. The molecule has 1 heterocycles. The first-order valence-corrected chi connectivity index (χ1v) is 11.8. The van der Waals surface area contributed by atoms with E-state index in [2.05, 4.69) is 0 Å². The summed E-state index contributed by atoms with van der Waals surface area (Å²) in [6.45, 7) is 6.71. The van der Waals surface area contributed by atoms with Crippen LogP contribution in [0.4, 0.5) is 0 Å². The molecule has 31 heavy (non-hydrogen) atoms. The van der Waals surface area contributed by atoms with E-state index in [1.165, 1.54) is 11.4 Å². The fraction of sp³-hybridized carbons (Fsp3) is 0.435. The molecular formula is C23H29NO6S. The molecule has 3 rings (SSSR count). The first kappa shape index (κ1) is 23.1. The van der Waals surface area contributed by atoms with Gasteiger partial charge in [-0.2, -0.15) is 4.31 Å². The Hall–Kier alpha value is -2.58. The fourth-order valence-corrected chi connectivity index (χ4v) is 5.77. The molecule has 0 saturated heterocycles. The van der Waals surface area contributed by atoms with Crippen LogP contribution in [-0.4, -0.2) is 45.6 Å². The third-order valence-electron chi connectivity index (χ3n) is 5.38. The second-order valence-corrected chi connectivity index (χ2v) is 9.15. The van der Waals surface area contributed by atoms with Crippen LogP contribution in [-0.2, 0) is 26.0 Å². The van der Waals surface area contributed by atoms with Crippen molar-refractivity contribution in [3.05, 3.63) is 53.1 Å². The number of nitrogens with zero attached hydrogens (tertiary/aromatic N) is 1. The van der Waals surface area contributed by atoms with Gasteiger partial charge in [0.1, 0.15) is 0 Å². The maximum atomic E-state index is 13.6. The molecule has 0 saturated carbocycles. The summed E-state index contributed by atoms with van der Waals surface area (Å²) in [7, 11) is -2.53. The van der Waals surface area contributed by atoms with E-state index < -0.39 is 22.0 Å². The molecule has 0 aromatic heterocycles. The van der Waals surface area contributed by atoms with Gasteiger partial charge in [-0.05, 0) is 62.1 Å². The van der Waals surface area contributed by atoms with Crippen LogP contribution >= 0.6 is 0 Å². The molecule has 0 unspecified atom stereocenters. The number of aryl methyl sites for hydroxylation is 1. The summed E-state index contributed by atoms with van der Waals surface area (Å²) < 4.78 is 45.0. The van der Waals surface area contributed by atoms with Crippen LogP contribution in [0, 0.1) is 6.92 Å². The summed E-state index contributed by atoms with van der Waals surface area (Å²) >= 11 is 0. The van der Waals surface area contributed by atoms with Crippen LogP contribution in [0.25, 0.3) is 0 Å². The molecule has 2 aromatic carbocycles. The molecule has 0 fully saturated rings. The summed E-state index contributed by atoms with van der Waals surface area (Å²) in [6.07, 6.45) is 0.415. The Morgan fingerprint density at radius 2 is 1.74 bits per heavy atom. The summed E-state index contributed by atoms with van der Waals surface area (Å²) in [4.78, 5) is 12.5. The van der Waals surface area contributed by atoms with Crippen molar-refractivity contribution in [3.8, 4) is 11.5 Å². The van der Waals surface area contributed by atoms with Gasteiger partial charge in [-0.1, -0.05) is 18.2 Å². The molecule has 8 heteroatoms. The third-order valence-corrected chi connectivity index (χ3v) is 7.45. The van der Waals surface area contributed by atoms with Gasteiger partial charge in [-0.3, -0.25) is 4.79 Å². The fourth-order valence-electron chi connectivity index (χ4n) is 3.94. The van der Waals surface area contributed by atoms with E-state index in [1.807, 2.05) is 19.9 Å². The van der Waals surface area contributed by atoms with E-state index in [9.17, 15) is 13.2 Å². The number of methoxy groups -OCH3 is 1. The van der Waals surface area contributed by atoms with Gasteiger partial charge in [-0.15, -0.1) is 0 Å². The summed E-state index contributed by atoms with van der Waals surface area (Å²) in [5, 5.41) is 0. The highest BCUT2D eigenvalue weighted by Gasteiger charge is 2.39. The van der Waals surface area contributed by atoms with Gasteiger partial charge < -0.3 is 14.2 Å². The highest BCUT2D eigenvalue weighted by Crippen LogP contribution is 2.42. The second-order valence-electron chi connectivity index (χ2n) is 7.29. The Morgan fingerprint density at radius 3 is 2.35 bits per heavy atom. The minimum absolute atomic E-state index is 0.0891. The van der Waals surface area contributed by atoms with E-state index >= 15 is 0 Å².